The Morgan fingerprint density at radius 2 is 1.73 bits per heavy atom. The first-order chi connectivity index (χ1) is 17.7. The lowest BCUT2D eigenvalue weighted by molar-refractivity contribution is -0.120. The lowest BCUT2D eigenvalue weighted by Gasteiger charge is -2.28. The van der Waals surface area contributed by atoms with E-state index in [0.29, 0.717) is 29.1 Å². The fourth-order valence-electron chi connectivity index (χ4n) is 4.63. The summed E-state index contributed by atoms with van der Waals surface area (Å²) in [4.78, 5) is 27.9. The van der Waals surface area contributed by atoms with Crippen molar-refractivity contribution < 1.29 is 22.4 Å². The Morgan fingerprint density at radius 3 is 2.46 bits per heavy atom. The molecule has 192 valence electrons. The molecule has 3 aromatic rings. The van der Waals surface area contributed by atoms with Crippen LogP contribution in [0.2, 0.25) is 5.02 Å². The summed E-state index contributed by atoms with van der Waals surface area (Å²) in [5.74, 6) is -1.18. The molecule has 1 fully saturated rings. The highest BCUT2D eigenvalue weighted by Gasteiger charge is 2.38. The number of carbonyl (C=O) groups excluding carboxylic acids is 2. The third-order valence-electron chi connectivity index (χ3n) is 6.45. The van der Waals surface area contributed by atoms with Crippen LogP contribution in [0.3, 0.4) is 0 Å². The van der Waals surface area contributed by atoms with Gasteiger partial charge >= 0.3 is 6.03 Å². The molecule has 0 spiro atoms. The number of carbonyl (C=O) groups is 2. The van der Waals surface area contributed by atoms with E-state index in [2.05, 4.69) is 10.6 Å². The summed E-state index contributed by atoms with van der Waals surface area (Å²) in [5, 5.41) is 5.87. The SMILES string of the molecule is O=C(Nc1ccc(Cl)cc1)C1c2ccccc2CN1C(=O)Nc1ccc(N2CCCCS2(=O)=O)cc1F. The molecule has 1 atom stereocenters. The minimum atomic E-state index is -3.50. The van der Waals surface area contributed by atoms with E-state index in [0.717, 1.165) is 11.6 Å². The van der Waals surface area contributed by atoms with E-state index >= 15 is 0 Å². The molecular weight excluding hydrogens is 519 g/mol. The van der Waals surface area contributed by atoms with Crippen molar-refractivity contribution in [2.45, 2.75) is 25.4 Å². The van der Waals surface area contributed by atoms with Crippen LogP contribution in [0.1, 0.15) is 30.0 Å². The van der Waals surface area contributed by atoms with Crippen molar-refractivity contribution in [3.8, 4) is 0 Å². The fourth-order valence-corrected chi connectivity index (χ4v) is 6.39. The van der Waals surface area contributed by atoms with Gasteiger partial charge < -0.3 is 15.5 Å². The molecule has 8 nitrogen and oxygen atoms in total. The first-order valence-corrected chi connectivity index (χ1v) is 13.7. The number of benzene rings is 3. The van der Waals surface area contributed by atoms with Crippen LogP contribution >= 0.6 is 11.6 Å². The van der Waals surface area contributed by atoms with Crippen molar-refractivity contribution in [1.82, 2.24) is 4.90 Å². The predicted molar refractivity (Wildman–Crippen MR) is 141 cm³/mol. The second kappa shape index (κ2) is 10.0. The molecular formula is C26H24ClFN4O4S. The zero-order valence-electron chi connectivity index (χ0n) is 19.7. The molecule has 0 radical (unpaired) electrons. The van der Waals surface area contributed by atoms with Gasteiger partial charge in [0.25, 0.3) is 5.91 Å². The molecule has 37 heavy (non-hydrogen) atoms. The summed E-state index contributed by atoms with van der Waals surface area (Å²) < 4.78 is 40.9. The maximum absolute atomic E-state index is 15.0. The zero-order chi connectivity index (χ0) is 26.2. The molecule has 0 aliphatic carbocycles. The molecule has 2 heterocycles. The highest BCUT2D eigenvalue weighted by molar-refractivity contribution is 7.92. The Kier molecular flexibility index (Phi) is 6.78. The van der Waals surface area contributed by atoms with E-state index in [1.165, 1.54) is 21.3 Å². The Balaban J connectivity index is 1.37. The smallest absolute Gasteiger partial charge is 0.323 e. The topological polar surface area (TPSA) is 98.8 Å². The number of urea groups is 1. The number of fused-ring (bicyclic) bond motifs is 1. The van der Waals surface area contributed by atoms with Gasteiger partial charge in [0.1, 0.15) is 11.9 Å². The zero-order valence-corrected chi connectivity index (χ0v) is 21.2. The normalized spacial score (nSPS) is 18.3. The Hall–Kier alpha value is -3.63. The third kappa shape index (κ3) is 5.12. The summed E-state index contributed by atoms with van der Waals surface area (Å²) >= 11 is 5.93. The van der Waals surface area contributed by atoms with Crippen LogP contribution in [0.5, 0.6) is 0 Å². The van der Waals surface area contributed by atoms with Gasteiger partial charge in [-0.3, -0.25) is 9.10 Å². The standard InChI is InChI=1S/C26H24ClFN4O4S/c27-18-7-9-19(10-8-18)29-25(33)24-21-6-2-1-5-17(21)16-31(24)26(34)30-23-12-11-20(15-22(23)28)32-13-3-4-14-37(32,35)36/h1-2,5-12,15,24H,3-4,13-14,16H2,(H,29,33)(H,30,34). The number of sulfonamides is 1. The minimum absolute atomic E-state index is 0.0160. The molecule has 2 aliphatic rings. The van der Waals surface area contributed by atoms with Gasteiger partial charge in [-0.2, -0.15) is 0 Å². The van der Waals surface area contributed by atoms with E-state index in [1.54, 1.807) is 36.4 Å². The van der Waals surface area contributed by atoms with Gasteiger partial charge in [-0.1, -0.05) is 35.9 Å². The molecule has 0 aromatic heterocycles. The van der Waals surface area contributed by atoms with Gasteiger partial charge in [-0.15, -0.1) is 0 Å². The molecule has 1 unspecified atom stereocenters. The lowest BCUT2D eigenvalue weighted by atomic mass is 10.0. The average molecular weight is 543 g/mol. The van der Waals surface area contributed by atoms with E-state index in [4.69, 9.17) is 11.6 Å². The van der Waals surface area contributed by atoms with Crippen LogP contribution in [-0.2, 0) is 21.4 Å². The summed E-state index contributed by atoms with van der Waals surface area (Å²) in [5.41, 5.74) is 2.10. The molecule has 2 N–H and O–H groups in total. The Labute approximate surface area is 219 Å². The van der Waals surface area contributed by atoms with Crippen molar-refractivity contribution in [3.63, 3.8) is 0 Å². The van der Waals surface area contributed by atoms with Crippen LogP contribution < -0.4 is 14.9 Å². The number of halogens is 2. The molecule has 11 heteroatoms. The van der Waals surface area contributed by atoms with Crippen molar-refractivity contribution >= 4 is 50.6 Å². The number of anilines is 3. The van der Waals surface area contributed by atoms with E-state index in [9.17, 15) is 22.4 Å². The van der Waals surface area contributed by atoms with Crippen LogP contribution in [0.4, 0.5) is 26.2 Å². The van der Waals surface area contributed by atoms with Gasteiger partial charge in [0.15, 0.2) is 0 Å². The highest BCUT2D eigenvalue weighted by atomic mass is 35.5. The number of hydrogen-bond donors (Lipinski definition) is 2. The summed E-state index contributed by atoms with van der Waals surface area (Å²) in [7, 11) is -3.50. The maximum atomic E-state index is 15.0. The van der Waals surface area contributed by atoms with Gasteiger partial charge in [0.2, 0.25) is 10.0 Å². The van der Waals surface area contributed by atoms with Gasteiger partial charge in [0.05, 0.1) is 17.1 Å². The molecule has 2 aliphatic heterocycles. The first kappa shape index (κ1) is 25.0. The lowest BCUT2D eigenvalue weighted by Crippen LogP contribution is -2.39. The van der Waals surface area contributed by atoms with Gasteiger partial charge in [-0.05, 0) is 60.4 Å². The van der Waals surface area contributed by atoms with Crippen molar-refractivity contribution in [1.29, 1.82) is 0 Å². The Bertz CT molecular complexity index is 1470. The monoisotopic (exact) mass is 542 g/mol. The minimum Gasteiger partial charge on any atom is -0.324 e. The molecule has 3 amide bonds. The van der Waals surface area contributed by atoms with Crippen LogP contribution in [0.15, 0.2) is 66.7 Å². The first-order valence-electron chi connectivity index (χ1n) is 11.7. The molecule has 1 saturated heterocycles. The molecule has 3 aromatic carbocycles. The summed E-state index contributed by atoms with van der Waals surface area (Å²) in [6.07, 6.45) is 1.26. The molecule has 0 bridgehead atoms. The quantitative estimate of drug-likeness (QED) is 0.477. The largest absolute Gasteiger partial charge is 0.324 e. The van der Waals surface area contributed by atoms with Gasteiger partial charge in [-0.25, -0.2) is 17.6 Å². The number of nitrogens with zero attached hydrogens (tertiary/aromatic N) is 2. The molecule has 5 rings (SSSR count). The van der Waals surface area contributed by atoms with Crippen molar-refractivity contribution in [2.24, 2.45) is 0 Å². The van der Waals surface area contributed by atoms with E-state index in [-0.39, 0.29) is 30.2 Å². The maximum Gasteiger partial charge on any atom is 0.323 e. The van der Waals surface area contributed by atoms with Crippen LogP contribution in [0, 0.1) is 5.82 Å². The van der Waals surface area contributed by atoms with Crippen LogP contribution in [0.25, 0.3) is 0 Å². The second-order valence-electron chi connectivity index (χ2n) is 8.91. The average Bonchev–Trinajstić information content (AvgIpc) is 3.26. The second-order valence-corrected chi connectivity index (χ2v) is 11.4. The predicted octanol–water partition coefficient (Wildman–Crippen LogP) is 5.14. The van der Waals surface area contributed by atoms with E-state index < -0.39 is 33.8 Å². The van der Waals surface area contributed by atoms with E-state index in [1.807, 2.05) is 12.1 Å². The Morgan fingerprint density at radius 1 is 0.973 bits per heavy atom. The van der Waals surface area contributed by atoms with Crippen LogP contribution in [-0.4, -0.2) is 37.6 Å². The number of hydrogen-bond acceptors (Lipinski definition) is 4. The number of amides is 3. The van der Waals surface area contributed by atoms with Crippen molar-refractivity contribution in [2.75, 3.05) is 27.2 Å². The fraction of sp³-hybridized carbons (Fsp3) is 0.231. The molecule has 0 saturated carbocycles. The number of nitrogens with one attached hydrogen (secondary N) is 2. The highest BCUT2D eigenvalue weighted by Crippen LogP contribution is 2.35. The number of rotatable bonds is 4. The van der Waals surface area contributed by atoms with Crippen molar-refractivity contribution in [3.05, 3.63) is 88.7 Å². The summed E-state index contributed by atoms with van der Waals surface area (Å²) in [6.45, 7) is 0.441. The van der Waals surface area contributed by atoms with Gasteiger partial charge in [0, 0.05) is 29.9 Å². The summed E-state index contributed by atoms with van der Waals surface area (Å²) in [6, 6.07) is 16.1. The third-order valence-corrected chi connectivity index (χ3v) is 8.58.